The van der Waals surface area contributed by atoms with Gasteiger partial charge in [0, 0.05) is 10.8 Å². The SMILES string of the molecule is CSc1ccc(-c2ccc(C3=CC4=CC=CC=CC4C3(C#N)C#N)cc2)cc1. The van der Waals surface area contributed by atoms with Crippen molar-refractivity contribution in [2.45, 2.75) is 4.90 Å². The Morgan fingerprint density at radius 2 is 1.43 bits per heavy atom. The van der Waals surface area contributed by atoms with Crippen molar-refractivity contribution in [3.63, 3.8) is 0 Å². The second-order valence-electron chi connectivity index (χ2n) is 6.81. The van der Waals surface area contributed by atoms with E-state index in [1.54, 1.807) is 11.8 Å². The molecule has 0 radical (unpaired) electrons. The number of rotatable bonds is 3. The van der Waals surface area contributed by atoms with Gasteiger partial charge in [-0.1, -0.05) is 72.9 Å². The van der Waals surface area contributed by atoms with Gasteiger partial charge in [-0.3, -0.25) is 0 Å². The van der Waals surface area contributed by atoms with Crippen LogP contribution in [0.15, 0.2) is 95.5 Å². The third kappa shape index (κ3) is 2.91. The van der Waals surface area contributed by atoms with Crippen molar-refractivity contribution in [2.24, 2.45) is 11.3 Å². The maximum absolute atomic E-state index is 9.96. The van der Waals surface area contributed by atoms with Gasteiger partial charge in [0.25, 0.3) is 0 Å². The largest absolute Gasteiger partial charge is 0.196 e. The molecule has 2 aromatic carbocycles. The Morgan fingerprint density at radius 3 is 2.04 bits per heavy atom. The van der Waals surface area contributed by atoms with E-state index in [0.717, 1.165) is 27.8 Å². The van der Waals surface area contributed by atoms with Gasteiger partial charge in [-0.05, 0) is 46.2 Å². The minimum Gasteiger partial charge on any atom is -0.196 e. The molecular weight excluding hydrogens is 360 g/mol. The quantitative estimate of drug-likeness (QED) is 0.600. The summed E-state index contributed by atoms with van der Waals surface area (Å²) in [5, 5.41) is 19.9. The Kier molecular flexibility index (Phi) is 4.78. The smallest absolute Gasteiger partial charge is 0.179 e. The molecule has 0 amide bonds. The van der Waals surface area contributed by atoms with E-state index in [-0.39, 0.29) is 5.92 Å². The van der Waals surface area contributed by atoms with E-state index < -0.39 is 5.41 Å². The van der Waals surface area contributed by atoms with Gasteiger partial charge in [0.2, 0.25) is 0 Å². The first-order valence-electron chi connectivity index (χ1n) is 9.06. The summed E-state index contributed by atoms with van der Waals surface area (Å²) in [5.41, 5.74) is 3.76. The molecule has 2 aromatic rings. The monoisotopic (exact) mass is 378 g/mol. The molecule has 0 bridgehead atoms. The van der Waals surface area contributed by atoms with Crippen LogP contribution in [0.3, 0.4) is 0 Å². The highest BCUT2D eigenvalue weighted by molar-refractivity contribution is 7.98. The van der Waals surface area contributed by atoms with Gasteiger partial charge in [-0.15, -0.1) is 11.8 Å². The summed E-state index contributed by atoms with van der Waals surface area (Å²) >= 11 is 1.72. The van der Waals surface area contributed by atoms with E-state index >= 15 is 0 Å². The van der Waals surface area contributed by atoms with Crippen LogP contribution in [-0.2, 0) is 0 Å². The van der Waals surface area contributed by atoms with Crippen LogP contribution in [0.4, 0.5) is 0 Å². The molecule has 4 rings (SSSR count). The maximum atomic E-state index is 9.96. The van der Waals surface area contributed by atoms with Gasteiger partial charge in [0.15, 0.2) is 5.41 Å². The van der Waals surface area contributed by atoms with Gasteiger partial charge in [0.05, 0.1) is 12.1 Å². The molecule has 2 nitrogen and oxygen atoms in total. The number of thioether (sulfide) groups is 1. The fourth-order valence-electron chi connectivity index (χ4n) is 3.82. The number of benzene rings is 2. The summed E-state index contributed by atoms with van der Waals surface area (Å²) in [4.78, 5) is 1.23. The van der Waals surface area contributed by atoms with Crippen LogP contribution >= 0.6 is 11.8 Å². The molecule has 0 heterocycles. The summed E-state index contributed by atoms with van der Waals surface area (Å²) in [6.45, 7) is 0. The summed E-state index contributed by atoms with van der Waals surface area (Å²) in [6.07, 6.45) is 13.8. The van der Waals surface area contributed by atoms with Crippen molar-refractivity contribution < 1.29 is 0 Å². The fourth-order valence-corrected chi connectivity index (χ4v) is 4.23. The minimum atomic E-state index is -1.20. The van der Waals surface area contributed by atoms with Gasteiger partial charge in [0.1, 0.15) is 0 Å². The predicted molar refractivity (Wildman–Crippen MR) is 115 cm³/mol. The first kappa shape index (κ1) is 18.1. The van der Waals surface area contributed by atoms with Gasteiger partial charge in [-0.2, -0.15) is 10.5 Å². The summed E-state index contributed by atoms with van der Waals surface area (Å²) in [6, 6.07) is 21.2. The zero-order chi connectivity index (χ0) is 19.6. The number of nitriles is 2. The minimum absolute atomic E-state index is 0.244. The van der Waals surface area contributed by atoms with Gasteiger partial charge < -0.3 is 0 Å². The van der Waals surface area contributed by atoms with Crippen LogP contribution in [0.2, 0.25) is 0 Å². The average Bonchev–Trinajstić information content (AvgIpc) is 2.89. The Hall–Kier alpha value is -3.27. The third-order valence-electron chi connectivity index (χ3n) is 5.35. The van der Waals surface area contributed by atoms with Crippen molar-refractivity contribution in [3.05, 3.63) is 96.1 Å². The standard InChI is InChI=1S/C25H18N2S/c1-28-22-13-11-19(12-14-22)18-7-9-20(10-8-18)24-15-21-5-3-2-4-6-23(21)25(24,16-26)17-27/h2-15,23H,1H3. The van der Waals surface area contributed by atoms with E-state index in [0.29, 0.717) is 0 Å². The lowest BCUT2D eigenvalue weighted by molar-refractivity contribution is 0.578. The van der Waals surface area contributed by atoms with Crippen molar-refractivity contribution in [1.82, 2.24) is 0 Å². The third-order valence-corrected chi connectivity index (χ3v) is 6.09. The molecule has 0 aliphatic heterocycles. The Morgan fingerprint density at radius 1 is 0.821 bits per heavy atom. The lowest BCUT2D eigenvalue weighted by Crippen LogP contribution is -2.24. The van der Waals surface area contributed by atoms with Crippen LogP contribution in [0.25, 0.3) is 16.7 Å². The van der Waals surface area contributed by atoms with Crippen LogP contribution in [0.1, 0.15) is 5.56 Å². The molecule has 0 N–H and O–H groups in total. The highest BCUT2D eigenvalue weighted by Crippen LogP contribution is 2.51. The van der Waals surface area contributed by atoms with Crippen LogP contribution in [0, 0.1) is 34.0 Å². The first-order valence-corrected chi connectivity index (χ1v) is 10.3. The highest BCUT2D eigenvalue weighted by atomic mass is 32.2. The van der Waals surface area contributed by atoms with Crippen molar-refractivity contribution in [2.75, 3.05) is 6.26 Å². The first-order chi connectivity index (χ1) is 13.7. The predicted octanol–water partition coefficient (Wildman–Crippen LogP) is 6.17. The molecule has 28 heavy (non-hydrogen) atoms. The van der Waals surface area contributed by atoms with E-state index in [9.17, 15) is 10.5 Å². The molecule has 0 spiro atoms. The number of hydrogen-bond donors (Lipinski definition) is 0. The number of fused-ring (bicyclic) bond motifs is 1. The maximum Gasteiger partial charge on any atom is 0.179 e. The molecule has 134 valence electrons. The van der Waals surface area contributed by atoms with Crippen molar-refractivity contribution >= 4 is 17.3 Å². The van der Waals surface area contributed by atoms with Crippen molar-refractivity contribution in [3.8, 4) is 23.3 Å². The topological polar surface area (TPSA) is 47.6 Å². The molecule has 1 unspecified atom stereocenters. The molecule has 3 heteroatoms. The zero-order valence-electron chi connectivity index (χ0n) is 15.5. The average molecular weight is 379 g/mol. The van der Waals surface area contributed by atoms with Crippen LogP contribution in [0.5, 0.6) is 0 Å². The molecule has 0 fully saturated rings. The van der Waals surface area contributed by atoms with Gasteiger partial charge >= 0.3 is 0 Å². The lowest BCUT2D eigenvalue weighted by Gasteiger charge is -2.23. The van der Waals surface area contributed by atoms with E-state index in [2.05, 4.69) is 54.8 Å². The molecule has 2 aliphatic carbocycles. The zero-order valence-corrected chi connectivity index (χ0v) is 16.3. The Balaban J connectivity index is 1.74. The van der Waals surface area contributed by atoms with E-state index in [4.69, 9.17) is 0 Å². The Labute approximate surface area is 169 Å². The second kappa shape index (κ2) is 7.39. The molecule has 0 saturated heterocycles. The van der Waals surface area contributed by atoms with Gasteiger partial charge in [-0.25, -0.2) is 0 Å². The van der Waals surface area contributed by atoms with E-state index in [1.165, 1.54) is 4.90 Å². The fraction of sp³-hybridized carbons (Fsp3) is 0.120. The number of hydrogen-bond acceptors (Lipinski definition) is 3. The van der Waals surface area contributed by atoms with E-state index in [1.807, 2.05) is 48.6 Å². The van der Waals surface area contributed by atoms with Crippen LogP contribution in [-0.4, -0.2) is 6.26 Å². The van der Waals surface area contributed by atoms with Crippen LogP contribution < -0.4 is 0 Å². The molecular formula is C25H18N2S. The summed E-state index contributed by atoms with van der Waals surface area (Å²) in [7, 11) is 0. The highest BCUT2D eigenvalue weighted by Gasteiger charge is 2.48. The molecule has 1 atom stereocenters. The second-order valence-corrected chi connectivity index (χ2v) is 7.69. The van der Waals surface area contributed by atoms with Crippen molar-refractivity contribution in [1.29, 1.82) is 10.5 Å². The number of allylic oxidation sites excluding steroid dienone is 8. The normalized spacial score (nSPS) is 19.0. The summed E-state index contributed by atoms with van der Waals surface area (Å²) in [5.74, 6) is -0.244. The molecule has 0 aromatic heterocycles. The molecule has 0 saturated carbocycles. The number of nitrogens with zero attached hydrogens (tertiary/aromatic N) is 2. The lowest BCUT2D eigenvalue weighted by atomic mass is 9.73. The molecule has 2 aliphatic rings. The Bertz CT molecular complexity index is 1090. The summed E-state index contributed by atoms with van der Waals surface area (Å²) < 4.78 is 0.